The van der Waals surface area contributed by atoms with Crippen molar-refractivity contribution in [2.75, 3.05) is 0 Å². The average molecular weight is 319 g/mol. The fourth-order valence-electron chi connectivity index (χ4n) is 2.27. The van der Waals surface area contributed by atoms with Crippen LogP contribution in [0.15, 0.2) is 36.5 Å². The van der Waals surface area contributed by atoms with Crippen LogP contribution in [0.5, 0.6) is 0 Å². The van der Waals surface area contributed by atoms with Gasteiger partial charge in [-0.25, -0.2) is 0 Å². The van der Waals surface area contributed by atoms with E-state index < -0.39 is 13.3 Å². The fraction of sp³-hybridized carbons (Fsp3) is 0.312. The zero-order valence-corrected chi connectivity index (χ0v) is 14.4. The molecule has 0 bridgehead atoms. The van der Waals surface area contributed by atoms with Crippen LogP contribution >= 0.6 is 0 Å². The number of benzene rings is 1. The molecule has 0 saturated heterocycles. The van der Waals surface area contributed by atoms with Gasteiger partial charge in [0.1, 0.15) is 0 Å². The Kier molecular flexibility index (Phi) is 3.81. The third kappa shape index (κ3) is 2.89. The van der Waals surface area contributed by atoms with Gasteiger partial charge in [-0.1, -0.05) is 0 Å². The molecule has 3 heteroatoms. The molecule has 0 aliphatic heterocycles. The first kappa shape index (κ1) is 14.3. The van der Waals surface area contributed by atoms with Crippen molar-refractivity contribution in [3.8, 4) is 11.3 Å². The van der Waals surface area contributed by atoms with Crippen LogP contribution in [0.1, 0.15) is 5.56 Å². The third-order valence-corrected chi connectivity index (χ3v) is 7.73. The molecule has 0 aliphatic rings. The second-order valence-electron chi connectivity index (χ2n) is 6.10. The van der Waals surface area contributed by atoms with E-state index in [0.717, 1.165) is 11.3 Å². The predicted octanol–water partition coefficient (Wildman–Crippen LogP) is 3.17. The molecule has 1 aromatic heterocycles. The van der Waals surface area contributed by atoms with Gasteiger partial charge in [-0.15, -0.1) is 0 Å². The molecule has 0 unspecified atom stereocenters. The van der Waals surface area contributed by atoms with Crippen LogP contribution in [-0.4, -0.2) is 13.3 Å². The quantitative estimate of drug-likeness (QED) is 0.591. The molecule has 19 heavy (non-hydrogen) atoms. The standard InChI is InChI=1S/C16H21FGeN/c1-12-7-6-8-14(17)16(12)15-10-9-13(11-19(15)5)18(2,3)4/h6-11H,1-5H3/q+1. The van der Waals surface area contributed by atoms with Gasteiger partial charge in [0.05, 0.1) is 0 Å². The molecule has 0 spiro atoms. The Morgan fingerprint density at radius 3 is 2.26 bits per heavy atom. The topological polar surface area (TPSA) is 3.88 Å². The van der Waals surface area contributed by atoms with E-state index in [2.05, 4.69) is 40.2 Å². The molecule has 2 aromatic rings. The van der Waals surface area contributed by atoms with E-state index in [-0.39, 0.29) is 5.82 Å². The summed E-state index contributed by atoms with van der Waals surface area (Å²) in [7, 11) is 2.00. The molecule has 1 heterocycles. The number of aromatic nitrogens is 1. The van der Waals surface area contributed by atoms with Crippen LogP contribution in [-0.2, 0) is 7.05 Å². The number of hydrogen-bond acceptors (Lipinski definition) is 0. The first-order valence-electron chi connectivity index (χ1n) is 6.56. The first-order valence-corrected chi connectivity index (χ1v) is 13.9. The molecule has 1 nitrogen and oxygen atoms in total. The van der Waals surface area contributed by atoms with Crippen molar-refractivity contribution in [2.24, 2.45) is 7.05 Å². The number of nitrogens with zero attached hydrogens (tertiary/aromatic N) is 1. The summed E-state index contributed by atoms with van der Waals surface area (Å²) in [5.74, 6) is 6.94. The number of pyridine rings is 1. The molecule has 0 fully saturated rings. The first-order chi connectivity index (χ1) is 8.80. The van der Waals surface area contributed by atoms with Crippen molar-refractivity contribution in [3.63, 3.8) is 0 Å². The molecule has 0 aliphatic carbocycles. The van der Waals surface area contributed by atoms with Gasteiger partial charge in [0, 0.05) is 0 Å². The molecular weight excluding hydrogens is 298 g/mol. The van der Waals surface area contributed by atoms with Crippen LogP contribution in [0.25, 0.3) is 11.3 Å². The summed E-state index contributed by atoms with van der Waals surface area (Å²) < 4.78 is 17.5. The number of hydrogen-bond donors (Lipinski definition) is 0. The molecule has 0 radical (unpaired) electrons. The van der Waals surface area contributed by atoms with Gasteiger partial charge in [0.25, 0.3) is 0 Å². The molecular formula is C16H21FGeN+. The number of halogens is 1. The minimum atomic E-state index is -1.83. The molecule has 1 aromatic carbocycles. The van der Waals surface area contributed by atoms with Crippen LogP contribution in [0.3, 0.4) is 0 Å². The Hall–Kier alpha value is -1.16. The summed E-state index contributed by atoms with van der Waals surface area (Å²) >= 11 is -1.83. The van der Waals surface area contributed by atoms with E-state index in [0.29, 0.717) is 5.56 Å². The zero-order chi connectivity index (χ0) is 14.2. The Bertz CT molecular complexity index is 594. The monoisotopic (exact) mass is 320 g/mol. The van der Waals surface area contributed by atoms with E-state index in [9.17, 15) is 4.39 Å². The predicted molar refractivity (Wildman–Crippen MR) is 80.7 cm³/mol. The second kappa shape index (κ2) is 5.08. The van der Waals surface area contributed by atoms with E-state index >= 15 is 0 Å². The molecule has 0 saturated carbocycles. The van der Waals surface area contributed by atoms with Crippen molar-refractivity contribution in [2.45, 2.75) is 24.2 Å². The average Bonchev–Trinajstić information content (AvgIpc) is 2.29. The maximum absolute atomic E-state index is 14.0. The Morgan fingerprint density at radius 2 is 1.74 bits per heavy atom. The van der Waals surface area contributed by atoms with E-state index in [1.165, 1.54) is 10.5 Å². The normalized spacial score (nSPS) is 11.7. The van der Waals surface area contributed by atoms with E-state index in [1.54, 1.807) is 6.07 Å². The van der Waals surface area contributed by atoms with Gasteiger partial charge < -0.3 is 0 Å². The van der Waals surface area contributed by atoms with E-state index in [4.69, 9.17) is 0 Å². The van der Waals surface area contributed by atoms with Crippen LogP contribution < -0.4 is 8.96 Å². The Labute approximate surface area is 117 Å². The minimum absolute atomic E-state index is 0.152. The summed E-state index contributed by atoms with van der Waals surface area (Å²) in [5.41, 5.74) is 2.62. The Balaban J connectivity index is 2.59. The van der Waals surface area contributed by atoms with Crippen LogP contribution in [0.2, 0.25) is 17.3 Å². The van der Waals surface area contributed by atoms with Gasteiger partial charge in [0.2, 0.25) is 0 Å². The van der Waals surface area contributed by atoms with Gasteiger partial charge in [0.15, 0.2) is 0 Å². The van der Waals surface area contributed by atoms with Crippen molar-refractivity contribution in [1.82, 2.24) is 0 Å². The summed E-state index contributed by atoms with van der Waals surface area (Å²) in [6, 6.07) is 9.46. The Morgan fingerprint density at radius 1 is 1.05 bits per heavy atom. The molecule has 0 amide bonds. The summed E-state index contributed by atoms with van der Waals surface area (Å²) in [6.07, 6.45) is 2.17. The third-order valence-electron chi connectivity index (χ3n) is 3.48. The summed E-state index contributed by atoms with van der Waals surface area (Å²) in [4.78, 5) is 0. The second-order valence-corrected chi connectivity index (χ2v) is 16.7. The maximum atomic E-state index is 14.0. The summed E-state index contributed by atoms with van der Waals surface area (Å²) in [6.45, 7) is 1.95. The van der Waals surface area contributed by atoms with Crippen molar-refractivity contribution < 1.29 is 8.96 Å². The molecule has 0 N–H and O–H groups in total. The van der Waals surface area contributed by atoms with Gasteiger partial charge in [-0.2, -0.15) is 0 Å². The fourth-order valence-corrected chi connectivity index (χ4v) is 4.71. The van der Waals surface area contributed by atoms with Crippen molar-refractivity contribution in [1.29, 1.82) is 0 Å². The van der Waals surface area contributed by atoms with Gasteiger partial charge >= 0.3 is 117 Å². The van der Waals surface area contributed by atoms with E-state index in [1.807, 2.05) is 20.0 Å². The summed E-state index contributed by atoms with van der Waals surface area (Å²) in [5, 5.41) is 0. The molecule has 2 rings (SSSR count). The van der Waals surface area contributed by atoms with Crippen LogP contribution in [0.4, 0.5) is 4.39 Å². The molecule has 0 atom stereocenters. The van der Waals surface area contributed by atoms with Gasteiger partial charge in [-0.3, -0.25) is 0 Å². The van der Waals surface area contributed by atoms with Gasteiger partial charge in [-0.05, 0) is 0 Å². The number of aryl methyl sites for hydroxylation is 2. The number of rotatable bonds is 2. The molecule has 100 valence electrons. The van der Waals surface area contributed by atoms with Crippen molar-refractivity contribution >= 4 is 17.7 Å². The van der Waals surface area contributed by atoms with Crippen LogP contribution in [0, 0.1) is 12.7 Å². The SMILES string of the molecule is Cc1cccc(F)c1-c1cc[c]([Ge]([CH3])([CH3])[CH3])c[n+]1C. The van der Waals surface area contributed by atoms with Crippen molar-refractivity contribution in [3.05, 3.63) is 47.9 Å². The zero-order valence-electron chi connectivity index (χ0n) is 12.3.